The van der Waals surface area contributed by atoms with Gasteiger partial charge in [-0.3, -0.25) is 14.3 Å². The van der Waals surface area contributed by atoms with Crippen molar-refractivity contribution in [1.29, 1.82) is 0 Å². The molecule has 116 valence electrons. The van der Waals surface area contributed by atoms with E-state index in [2.05, 4.69) is 24.3 Å². The quantitative estimate of drug-likeness (QED) is 0.902. The molecule has 2 rings (SSSR count). The Bertz CT molecular complexity index is 523. The van der Waals surface area contributed by atoms with Crippen LogP contribution in [0.4, 0.5) is 0 Å². The molecule has 2 atom stereocenters. The van der Waals surface area contributed by atoms with Crippen molar-refractivity contribution < 1.29 is 9.59 Å². The molecule has 0 bridgehead atoms. The van der Waals surface area contributed by atoms with Crippen molar-refractivity contribution in [2.24, 2.45) is 13.0 Å². The van der Waals surface area contributed by atoms with Gasteiger partial charge in [-0.1, -0.05) is 13.8 Å². The van der Waals surface area contributed by atoms with E-state index in [0.29, 0.717) is 25.3 Å². The normalized spacial score (nSPS) is 23.4. The molecule has 0 spiro atoms. The standard InChI is InChI=1S/C15H24N4O2/c1-10(2)5-13-15(21)19(11(3)6-14(20)17-13)9-12-7-16-18(4)8-12/h7-8,10-11,13H,5-6,9H2,1-4H3,(H,17,20). The highest BCUT2D eigenvalue weighted by molar-refractivity contribution is 5.90. The molecule has 2 amide bonds. The van der Waals surface area contributed by atoms with Gasteiger partial charge in [-0.25, -0.2) is 0 Å². The number of nitrogens with zero attached hydrogens (tertiary/aromatic N) is 3. The molecule has 1 aliphatic heterocycles. The predicted molar refractivity (Wildman–Crippen MR) is 79.2 cm³/mol. The molecule has 1 aromatic heterocycles. The van der Waals surface area contributed by atoms with Crippen LogP contribution in [-0.4, -0.2) is 38.6 Å². The van der Waals surface area contributed by atoms with Crippen LogP contribution >= 0.6 is 0 Å². The topological polar surface area (TPSA) is 67.2 Å². The summed E-state index contributed by atoms with van der Waals surface area (Å²) in [6, 6.07) is -0.519. The number of aromatic nitrogens is 2. The van der Waals surface area contributed by atoms with Crippen LogP contribution < -0.4 is 5.32 Å². The van der Waals surface area contributed by atoms with Gasteiger partial charge >= 0.3 is 0 Å². The highest BCUT2D eigenvalue weighted by atomic mass is 16.2. The number of hydrogen-bond acceptors (Lipinski definition) is 3. The third-order valence-electron chi connectivity index (χ3n) is 3.75. The second kappa shape index (κ2) is 6.28. The lowest BCUT2D eigenvalue weighted by molar-refractivity contribution is -0.136. The molecule has 1 aromatic rings. The van der Waals surface area contributed by atoms with Crippen LogP contribution in [0.1, 0.15) is 39.2 Å². The number of amides is 2. The Labute approximate surface area is 125 Å². The third kappa shape index (κ3) is 3.83. The van der Waals surface area contributed by atoms with Crippen molar-refractivity contribution in [1.82, 2.24) is 20.0 Å². The average molecular weight is 292 g/mol. The van der Waals surface area contributed by atoms with Crippen LogP contribution in [0.3, 0.4) is 0 Å². The maximum absolute atomic E-state index is 12.7. The molecule has 2 unspecified atom stereocenters. The fraction of sp³-hybridized carbons (Fsp3) is 0.667. The van der Waals surface area contributed by atoms with Crippen LogP contribution in [0.25, 0.3) is 0 Å². The second-order valence-electron chi connectivity index (χ2n) is 6.29. The Hall–Kier alpha value is -1.85. The van der Waals surface area contributed by atoms with Gasteiger partial charge in [0.25, 0.3) is 0 Å². The van der Waals surface area contributed by atoms with Crippen LogP contribution in [0, 0.1) is 5.92 Å². The molecule has 1 saturated heterocycles. The fourth-order valence-corrected chi connectivity index (χ4v) is 2.73. The van der Waals surface area contributed by atoms with Crippen LogP contribution in [0.5, 0.6) is 0 Å². The summed E-state index contributed by atoms with van der Waals surface area (Å²) in [6.45, 7) is 6.53. The average Bonchev–Trinajstić information content (AvgIpc) is 2.75. The lowest BCUT2D eigenvalue weighted by atomic mass is 10.0. The molecule has 1 aliphatic rings. The van der Waals surface area contributed by atoms with Gasteiger partial charge in [0.1, 0.15) is 6.04 Å². The highest BCUT2D eigenvalue weighted by Crippen LogP contribution is 2.18. The molecule has 0 saturated carbocycles. The molecule has 1 N–H and O–H groups in total. The smallest absolute Gasteiger partial charge is 0.245 e. The molecular formula is C15H24N4O2. The molecule has 6 nitrogen and oxygen atoms in total. The zero-order valence-electron chi connectivity index (χ0n) is 13.2. The first-order valence-corrected chi connectivity index (χ1v) is 7.44. The Morgan fingerprint density at radius 3 is 2.71 bits per heavy atom. The molecule has 21 heavy (non-hydrogen) atoms. The molecule has 2 heterocycles. The zero-order chi connectivity index (χ0) is 15.6. The number of nitrogens with one attached hydrogen (secondary N) is 1. The third-order valence-corrected chi connectivity index (χ3v) is 3.75. The van der Waals surface area contributed by atoms with Gasteiger partial charge in [-0.2, -0.15) is 5.10 Å². The van der Waals surface area contributed by atoms with Gasteiger partial charge in [0, 0.05) is 37.8 Å². The highest BCUT2D eigenvalue weighted by Gasteiger charge is 2.34. The summed E-state index contributed by atoms with van der Waals surface area (Å²) in [5, 5.41) is 6.99. The van der Waals surface area contributed by atoms with E-state index in [1.54, 1.807) is 15.8 Å². The van der Waals surface area contributed by atoms with Gasteiger partial charge < -0.3 is 10.2 Å². The lowest BCUT2D eigenvalue weighted by Crippen LogP contribution is -2.46. The van der Waals surface area contributed by atoms with Crippen LogP contribution in [-0.2, 0) is 23.2 Å². The van der Waals surface area contributed by atoms with Crippen molar-refractivity contribution in [2.45, 2.75) is 52.2 Å². The van der Waals surface area contributed by atoms with Crippen molar-refractivity contribution in [3.8, 4) is 0 Å². The summed E-state index contributed by atoms with van der Waals surface area (Å²) in [6.07, 6.45) is 4.68. The van der Waals surface area contributed by atoms with Crippen molar-refractivity contribution in [3.05, 3.63) is 18.0 Å². The fourth-order valence-electron chi connectivity index (χ4n) is 2.73. The summed E-state index contributed by atoms with van der Waals surface area (Å²) < 4.78 is 1.72. The summed E-state index contributed by atoms with van der Waals surface area (Å²) >= 11 is 0. The van der Waals surface area contributed by atoms with E-state index in [1.807, 2.05) is 20.2 Å². The molecule has 0 aromatic carbocycles. The lowest BCUT2D eigenvalue weighted by Gasteiger charge is -2.28. The molecule has 0 radical (unpaired) electrons. The first kappa shape index (κ1) is 15.5. The van der Waals surface area contributed by atoms with Crippen molar-refractivity contribution >= 4 is 11.8 Å². The predicted octanol–water partition coefficient (Wildman–Crippen LogP) is 1.07. The molecule has 1 fully saturated rings. The van der Waals surface area contributed by atoms with Crippen molar-refractivity contribution in [3.63, 3.8) is 0 Å². The zero-order valence-corrected chi connectivity index (χ0v) is 13.2. The summed E-state index contributed by atoms with van der Waals surface area (Å²) in [7, 11) is 1.85. The SMILES string of the molecule is CC(C)CC1NC(=O)CC(C)N(Cc2cnn(C)c2)C1=O. The van der Waals surface area contributed by atoms with E-state index in [0.717, 1.165) is 5.56 Å². The summed E-state index contributed by atoms with van der Waals surface area (Å²) in [5.41, 5.74) is 0.982. The van der Waals surface area contributed by atoms with E-state index >= 15 is 0 Å². The van der Waals surface area contributed by atoms with Gasteiger partial charge in [-0.15, -0.1) is 0 Å². The minimum Gasteiger partial charge on any atom is -0.344 e. The molecule has 6 heteroatoms. The number of carbonyl (C=O) groups is 2. The van der Waals surface area contributed by atoms with E-state index in [-0.39, 0.29) is 17.9 Å². The van der Waals surface area contributed by atoms with Crippen LogP contribution in [0.2, 0.25) is 0 Å². The summed E-state index contributed by atoms with van der Waals surface area (Å²) in [4.78, 5) is 26.5. The summed E-state index contributed by atoms with van der Waals surface area (Å²) in [5.74, 6) is 0.314. The monoisotopic (exact) mass is 292 g/mol. The number of aryl methyl sites for hydroxylation is 1. The van der Waals surface area contributed by atoms with Crippen LogP contribution in [0.15, 0.2) is 12.4 Å². The van der Waals surface area contributed by atoms with E-state index in [1.165, 1.54) is 0 Å². The number of carbonyl (C=O) groups excluding carboxylic acids is 2. The Morgan fingerprint density at radius 1 is 1.43 bits per heavy atom. The van der Waals surface area contributed by atoms with Gasteiger partial charge in [0.2, 0.25) is 11.8 Å². The molecular weight excluding hydrogens is 268 g/mol. The van der Waals surface area contributed by atoms with Gasteiger partial charge in [0.05, 0.1) is 6.20 Å². The Kier molecular flexibility index (Phi) is 4.65. The van der Waals surface area contributed by atoms with E-state index in [9.17, 15) is 9.59 Å². The minimum absolute atomic E-state index is 0.00547. The largest absolute Gasteiger partial charge is 0.344 e. The molecule has 0 aliphatic carbocycles. The number of hydrogen-bond donors (Lipinski definition) is 1. The number of rotatable bonds is 4. The van der Waals surface area contributed by atoms with Gasteiger partial charge in [0.15, 0.2) is 0 Å². The van der Waals surface area contributed by atoms with Gasteiger partial charge in [-0.05, 0) is 19.3 Å². The first-order valence-electron chi connectivity index (χ1n) is 7.44. The minimum atomic E-state index is -0.417. The second-order valence-corrected chi connectivity index (χ2v) is 6.29. The first-order chi connectivity index (χ1) is 9.86. The van der Waals surface area contributed by atoms with Crippen molar-refractivity contribution in [2.75, 3.05) is 0 Å². The Morgan fingerprint density at radius 2 is 2.14 bits per heavy atom. The van der Waals surface area contributed by atoms with E-state index < -0.39 is 6.04 Å². The van der Waals surface area contributed by atoms with E-state index in [4.69, 9.17) is 0 Å². The maximum Gasteiger partial charge on any atom is 0.245 e. The maximum atomic E-state index is 12.7. The Balaban J connectivity index is 2.19.